The van der Waals surface area contributed by atoms with Crippen LogP contribution in [0.5, 0.6) is 0 Å². The lowest BCUT2D eigenvalue weighted by Gasteiger charge is -2.25. The fraction of sp³-hybridized carbons (Fsp3) is 0.571. The molecule has 1 saturated heterocycles. The Kier molecular flexibility index (Phi) is 6.67. The van der Waals surface area contributed by atoms with Crippen LogP contribution in [0.1, 0.15) is 63.4 Å². The molecular weight excluding hydrogens is 356 g/mol. The van der Waals surface area contributed by atoms with Crippen LogP contribution in [-0.2, 0) is 23.1 Å². The summed E-state index contributed by atoms with van der Waals surface area (Å²) < 4.78 is 2.75. The quantitative estimate of drug-likeness (QED) is 0.529. The van der Waals surface area contributed by atoms with Crippen LogP contribution in [0.2, 0.25) is 0 Å². The predicted octanol–water partition coefficient (Wildman–Crippen LogP) is 2.36. The number of carbonyl (C=O) groups is 2. The second-order valence-corrected chi connectivity index (χ2v) is 7.59. The first-order valence-electron chi connectivity index (χ1n) is 10.3. The maximum atomic E-state index is 12.7. The van der Waals surface area contributed by atoms with E-state index in [1.165, 1.54) is 40.5 Å². The van der Waals surface area contributed by atoms with Gasteiger partial charge in [0.2, 0.25) is 11.8 Å². The molecule has 152 valence electrons. The van der Waals surface area contributed by atoms with E-state index >= 15 is 0 Å². The molecule has 1 aliphatic heterocycles. The standard InChI is InChI=1S/C21H30N4O3/c1-23-18-15-16(9-6-4-2-3-5-7-14-22)12-13-17(18)24(21(23)28)25-19(26)10-8-11-20(25)27/h12-13,15H,2-11,14,22H2,1H3. The number of benzene rings is 1. The Morgan fingerprint density at radius 2 is 1.54 bits per heavy atom. The zero-order chi connectivity index (χ0) is 20.1. The van der Waals surface area contributed by atoms with Gasteiger partial charge in [-0.2, -0.15) is 9.69 Å². The van der Waals surface area contributed by atoms with E-state index in [-0.39, 0.29) is 30.3 Å². The van der Waals surface area contributed by atoms with Gasteiger partial charge >= 0.3 is 5.69 Å². The second-order valence-electron chi connectivity index (χ2n) is 7.59. The molecule has 1 fully saturated rings. The summed E-state index contributed by atoms with van der Waals surface area (Å²) in [5.41, 5.74) is 7.66. The summed E-state index contributed by atoms with van der Waals surface area (Å²) in [7, 11) is 1.68. The van der Waals surface area contributed by atoms with Crippen molar-refractivity contribution in [2.24, 2.45) is 12.8 Å². The van der Waals surface area contributed by atoms with Gasteiger partial charge in [0.25, 0.3) is 0 Å². The smallest absolute Gasteiger partial charge is 0.330 e. The lowest BCUT2D eigenvalue weighted by molar-refractivity contribution is -0.131. The van der Waals surface area contributed by atoms with Crippen LogP contribution in [0.15, 0.2) is 23.0 Å². The molecular formula is C21H30N4O3. The number of nitrogens with two attached hydrogens (primary N) is 1. The number of imidazole rings is 1. The van der Waals surface area contributed by atoms with Gasteiger partial charge in [-0.3, -0.25) is 14.2 Å². The number of hydrogen-bond donors (Lipinski definition) is 1. The highest BCUT2D eigenvalue weighted by Gasteiger charge is 2.31. The molecule has 28 heavy (non-hydrogen) atoms. The fourth-order valence-corrected chi connectivity index (χ4v) is 3.86. The molecule has 2 aromatic rings. The van der Waals surface area contributed by atoms with E-state index in [0.717, 1.165) is 36.3 Å². The van der Waals surface area contributed by atoms with E-state index in [2.05, 4.69) is 0 Å². The van der Waals surface area contributed by atoms with E-state index < -0.39 is 0 Å². The third kappa shape index (κ3) is 4.19. The van der Waals surface area contributed by atoms with E-state index in [1.54, 1.807) is 7.05 Å². The van der Waals surface area contributed by atoms with E-state index in [4.69, 9.17) is 5.73 Å². The summed E-state index contributed by atoms with van der Waals surface area (Å²) in [5.74, 6) is -0.630. The third-order valence-corrected chi connectivity index (χ3v) is 5.47. The highest BCUT2D eigenvalue weighted by atomic mass is 16.2. The van der Waals surface area contributed by atoms with Crippen molar-refractivity contribution in [3.63, 3.8) is 0 Å². The molecule has 2 N–H and O–H groups in total. The van der Waals surface area contributed by atoms with Crippen LogP contribution in [0, 0.1) is 0 Å². The summed E-state index contributed by atoms with van der Waals surface area (Å²) >= 11 is 0. The van der Waals surface area contributed by atoms with Crippen LogP contribution in [0.4, 0.5) is 0 Å². The summed E-state index contributed by atoms with van der Waals surface area (Å²) in [6.45, 7) is 0.771. The van der Waals surface area contributed by atoms with Gasteiger partial charge in [-0.15, -0.1) is 0 Å². The number of unbranched alkanes of at least 4 members (excludes halogenated alkanes) is 5. The number of fused-ring (bicyclic) bond motifs is 1. The average molecular weight is 386 g/mol. The topological polar surface area (TPSA) is 90.3 Å². The lowest BCUT2D eigenvalue weighted by Crippen LogP contribution is -2.52. The molecule has 0 unspecified atom stereocenters. The Labute approximate surface area is 165 Å². The molecule has 7 nitrogen and oxygen atoms in total. The number of amides is 2. The first-order chi connectivity index (χ1) is 13.5. The monoisotopic (exact) mass is 386 g/mol. The zero-order valence-corrected chi connectivity index (χ0v) is 16.7. The Morgan fingerprint density at radius 3 is 2.21 bits per heavy atom. The SMILES string of the molecule is Cn1c(=O)n(N2C(=O)CCCC2=O)c2ccc(CCCCCCCCN)cc21. The number of aryl methyl sites for hydroxylation is 2. The molecule has 0 spiro atoms. The number of imide groups is 1. The maximum Gasteiger partial charge on any atom is 0.348 e. The van der Waals surface area contributed by atoms with Gasteiger partial charge in [-0.25, -0.2) is 4.79 Å². The highest BCUT2D eigenvalue weighted by Crippen LogP contribution is 2.20. The highest BCUT2D eigenvalue weighted by molar-refractivity contribution is 6.10. The summed E-state index contributed by atoms with van der Waals surface area (Å²) in [5, 5.41) is 1.02. The molecule has 0 aliphatic carbocycles. The lowest BCUT2D eigenvalue weighted by atomic mass is 10.0. The molecule has 0 bridgehead atoms. The van der Waals surface area contributed by atoms with Crippen molar-refractivity contribution in [2.75, 3.05) is 11.6 Å². The van der Waals surface area contributed by atoms with Gasteiger partial charge in [0, 0.05) is 19.9 Å². The minimum absolute atomic E-state index is 0.290. The molecule has 0 atom stereocenters. The van der Waals surface area contributed by atoms with Gasteiger partial charge < -0.3 is 5.73 Å². The zero-order valence-electron chi connectivity index (χ0n) is 16.7. The summed E-state index contributed by atoms with van der Waals surface area (Å²) in [4.78, 5) is 37.3. The van der Waals surface area contributed by atoms with Crippen molar-refractivity contribution < 1.29 is 9.59 Å². The minimum atomic E-state index is -0.365. The van der Waals surface area contributed by atoms with E-state index in [0.29, 0.717) is 11.9 Å². The van der Waals surface area contributed by atoms with Crippen LogP contribution in [0.25, 0.3) is 11.0 Å². The molecule has 2 amide bonds. The second kappa shape index (κ2) is 9.19. The van der Waals surface area contributed by atoms with Crippen LogP contribution >= 0.6 is 0 Å². The van der Waals surface area contributed by atoms with Crippen molar-refractivity contribution in [3.05, 3.63) is 34.2 Å². The molecule has 1 aromatic heterocycles. The first-order valence-corrected chi connectivity index (χ1v) is 10.3. The van der Waals surface area contributed by atoms with Crippen molar-refractivity contribution in [2.45, 2.75) is 64.2 Å². The fourth-order valence-electron chi connectivity index (χ4n) is 3.86. The summed E-state index contributed by atoms with van der Waals surface area (Å²) in [6.07, 6.45) is 9.11. The average Bonchev–Trinajstić information content (AvgIpc) is 2.92. The largest absolute Gasteiger partial charge is 0.348 e. The number of nitrogens with zero attached hydrogens (tertiary/aromatic N) is 3. The van der Waals surface area contributed by atoms with Gasteiger partial charge in [0.1, 0.15) is 0 Å². The predicted molar refractivity (Wildman–Crippen MR) is 110 cm³/mol. The van der Waals surface area contributed by atoms with Crippen LogP contribution in [-0.4, -0.2) is 27.6 Å². The third-order valence-electron chi connectivity index (χ3n) is 5.47. The molecule has 7 heteroatoms. The van der Waals surface area contributed by atoms with E-state index in [9.17, 15) is 14.4 Å². The Balaban J connectivity index is 1.75. The van der Waals surface area contributed by atoms with Crippen molar-refractivity contribution >= 4 is 22.8 Å². The normalized spacial score (nSPS) is 15.0. The Bertz CT molecular complexity index is 896. The molecule has 0 saturated carbocycles. The Hall–Kier alpha value is -2.41. The van der Waals surface area contributed by atoms with Crippen LogP contribution in [0.3, 0.4) is 0 Å². The summed E-state index contributed by atoms with van der Waals surface area (Å²) in [6, 6.07) is 5.84. The van der Waals surface area contributed by atoms with Crippen molar-refractivity contribution in [1.82, 2.24) is 9.24 Å². The number of piperidine rings is 1. The van der Waals surface area contributed by atoms with Crippen molar-refractivity contribution in [3.8, 4) is 0 Å². The number of carbonyl (C=O) groups excluding carboxylic acids is 2. The van der Waals surface area contributed by atoms with Crippen molar-refractivity contribution in [1.29, 1.82) is 0 Å². The molecule has 1 aliphatic rings. The van der Waals surface area contributed by atoms with Gasteiger partial charge in [0.05, 0.1) is 11.0 Å². The molecule has 3 rings (SSSR count). The Morgan fingerprint density at radius 1 is 0.893 bits per heavy atom. The number of rotatable bonds is 9. The molecule has 0 radical (unpaired) electrons. The van der Waals surface area contributed by atoms with E-state index in [1.807, 2.05) is 18.2 Å². The number of aromatic nitrogens is 2. The minimum Gasteiger partial charge on any atom is -0.330 e. The van der Waals surface area contributed by atoms with Gasteiger partial charge in [-0.05, 0) is 49.9 Å². The maximum absolute atomic E-state index is 12.7. The van der Waals surface area contributed by atoms with Crippen LogP contribution < -0.4 is 16.4 Å². The number of hydrogen-bond acceptors (Lipinski definition) is 4. The van der Waals surface area contributed by atoms with Gasteiger partial charge in [-0.1, -0.05) is 31.7 Å². The van der Waals surface area contributed by atoms with Gasteiger partial charge in [0.15, 0.2) is 0 Å². The molecule has 2 heterocycles. The molecule has 1 aromatic carbocycles. The first kappa shape index (κ1) is 20.3.